The Labute approximate surface area is 136 Å². The molecule has 6 heteroatoms. The molecule has 0 aliphatic carbocycles. The average Bonchev–Trinajstić information content (AvgIpc) is 3.00. The van der Waals surface area contributed by atoms with E-state index in [1.54, 1.807) is 0 Å². The van der Waals surface area contributed by atoms with Crippen molar-refractivity contribution in [3.05, 3.63) is 41.0 Å². The Balaban J connectivity index is 1.51. The minimum Gasteiger partial charge on any atom is -0.490 e. The lowest BCUT2D eigenvalue weighted by Crippen LogP contribution is -2.38. The van der Waals surface area contributed by atoms with Gasteiger partial charge in [0, 0.05) is 13.1 Å². The van der Waals surface area contributed by atoms with E-state index in [4.69, 9.17) is 15.0 Å². The standard InChI is InChI=1S/C17H24N4O2/c1-12-3-4-13(2)15(9-12)22-14-5-7-21(8-6-14)11-16-19-17(10-18)23-20-16/h3-4,9,14H,5-8,10-11,18H2,1-2H3. The highest BCUT2D eigenvalue weighted by molar-refractivity contribution is 5.36. The van der Waals surface area contributed by atoms with Crippen molar-refractivity contribution >= 4 is 0 Å². The Morgan fingerprint density at radius 2 is 2.09 bits per heavy atom. The van der Waals surface area contributed by atoms with E-state index in [-0.39, 0.29) is 6.10 Å². The van der Waals surface area contributed by atoms with Crippen molar-refractivity contribution in [3.8, 4) is 5.75 Å². The summed E-state index contributed by atoms with van der Waals surface area (Å²) >= 11 is 0. The molecule has 1 aliphatic rings. The molecule has 1 saturated heterocycles. The SMILES string of the molecule is Cc1ccc(C)c(OC2CCN(Cc3noc(CN)n3)CC2)c1. The van der Waals surface area contributed by atoms with Gasteiger partial charge < -0.3 is 15.0 Å². The summed E-state index contributed by atoms with van der Waals surface area (Å²) in [6.45, 7) is 7.13. The third kappa shape index (κ3) is 4.09. The molecule has 1 aliphatic heterocycles. The minimum absolute atomic E-state index is 0.275. The maximum absolute atomic E-state index is 6.19. The van der Waals surface area contributed by atoms with E-state index in [0.29, 0.717) is 24.8 Å². The summed E-state index contributed by atoms with van der Waals surface area (Å²) in [5, 5.41) is 3.95. The highest BCUT2D eigenvalue weighted by atomic mass is 16.5. The fourth-order valence-corrected chi connectivity index (χ4v) is 2.84. The number of nitrogens with two attached hydrogens (primary N) is 1. The number of aromatic nitrogens is 2. The first kappa shape index (κ1) is 16.0. The first-order valence-electron chi connectivity index (χ1n) is 8.12. The molecule has 124 valence electrons. The normalized spacial score (nSPS) is 16.7. The number of hydrogen-bond acceptors (Lipinski definition) is 6. The lowest BCUT2D eigenvalue weighted by Gasteiger charge is -2.31. The predicted molar refractivity (Wildman–Crippen MR) is 87.0 cm³/mol. The quantitative estimate of drug-likeness (QED) is 0.911. The van der Waals surface area contributed by atoms with Gasteiger partial charge in [0.25, 0.3) is 0 Å². The number of ether oxygens (including phenoxy) is 1. The second-order valence-corrected chi connectivity index (χ2v) is 6.17. The summed E-state index contributed by atoms with van der Waals surface area (Å²) in [6.07, 6.45) is 2.29. The van der Waals surface area contributed by atoms with Crippen LogP contribution in [0.1, 0.15) is 35.7 Å². The van der Waals surface area contributed by atoms with Crippen molar-refractivity contribution in [3.63, 3.8) is 0 Å². The third-order valence-electron chi connectivity index (χ3n) is 4.22. The number of benzene rings is 1. The fraction of sp³-hybridized carbons (Fsp3) is 0.529. The largest absolute Gasteiger partial charge is 0.490 e. The molecule has 0 bridgehead atoms. The average molecular weight is 316 g/mol. The van der Waals surface area contributed by atoms with Crippen LogP contribution < -0.4 is 10.5 Å². The van der Waals surface area contributed by atoms with Gasteiger partial charge in [-0.1, -0.05) is 17.3 Å². The molecule has 3 rings (SSSR count). The molecule has 1 aromatic heterocycles. The van der Waals surface area contributed by atoms with Crippen LogP contribution in [0, 0.1) is 13.8 Å². The van der Waals surface area contributed by atoms with Gasteiger partial charge in [-0.05, 0) is 43.9 Å². The molecule has 2 N–H and O–H groups in total. The van der Waals surface area contributed by atoms with Crippen LogP contribution in [-0.4, -0.2) is 34.2 Å². The van der Waals surface area contributed by atoms with Crippen LogP contribution in [0.15, 0.2) is 22.7 Å². The van der Waals surface area contributed by atoms with Crippen LogP contribution in [0.3, 0.4) is 0 Å². The van der Waals surface area contributed by atoms with Crippen LogP contribution in [0.4, 0.5) is 0 Å². The molecule has 0 saturated carbocycles. The zero-order valence-electron chi connectivity index (χ0n) is 13.8. The molecule has 0 spiro atoms. The van der Waals surface area contributed by atoms with Crippen LogP contribution in [0.5, 0.6) is 5.75 Å². The third-order valence-corrected chi connectivity index (χ3v) is 4.22. The Morgan fingerprint density at radius 3 is 2.78 bits per heavy atom. The Kier molecular flexibility index (Phi) is 4.93. The number of piperidine rings is 1. The molecule has 1 fully saturated rings. The highest BCUT2D eigenvalue weighted by Crippen LogP contribution is 2.24. The molecule has 2 heterocycles. The molecule has 6 nitrogen and oxygen atoms in total. The van der Waals surface area contributed by atoms with E-state index in [2.05, 4.69) is 47.1 Å². The maximum Gasteiger partial charge on any atom is 0.240 e. The van der Waals surface area contributed by atoms with Gasteiger partial charge in [-0.15, -0.1) is 0 Å². The molecule has 0 radical (unpaired) electrons. The van der Waals surface area contributed by atoms with Crippen LogP contribution in [0.25, 0.3) is 0 Å². The molecule has 23 heavy (non-hydrogen) atoms. The molecule has 0 atom stereocenters. The van der Waals surface area contributed by atoms with Gasteiger partial charge >= 0.3 is 0 Å². The van der Waals surface area contributed by atoms with Crippen molar-refractivity contribution < 1.29 is 9.26 Å². The van der Waals surface area contributed by atoms with E-state index >= 15 is 0 Å². The number of aryl methyl sites for hydroxylation is 2. The topological polar surface area (TPSA) is 77.4 Å². The summed E-state index contributed by atoms with van der Waals surface area (Å²) in [7, 11) is 0. The zero-order valence-corrected chi connectivity index (χ0v) is 13.8. The van der Waals surface area contributed by atoms with Gasteiger partial charge in [-0.2, -0.15) is 4.98 Å². The zero-order chi connectivity index (χ0) is 16.2. The smallest absolute Gasteiger partial charge is 0.240 e. The lowest BCUT2D eigenvalue weighted by atomic mass is 10.1. The van der Waals surface area contributed by atoms with Crippen molar-refractivity contribution in [1.82, 2.24) is 15.0 Å². The van der Waals surface area contributed by atoms with E-state index in [1.807, 2.05) is 0 Å². The van der Waals surface area contributed by atoms with Gasteiger partial charge in [-0.25, -0.2) is 0 Å². The van der Waals surface area contributed by atoms with Crippen LogP contribution in [-0.2, 0) is 13.1 Å². The summed E-state index contributed by atoms with van der Waals surface area (Å²) in [5.41, 5.74) is 7.91. The van der Waals surface area contributed by atoms with E-state index in [1.165, 1.54) is 11.1 Å². The van der Waals surface area contributed by atoms with Crippen molar-refractivity contribution in [2.75, 3.05) is 13.1 Å². The van der Waals surface area contributed by atoms with Gasteiger partial charge in [0.05, 0.1) is 13.1 Å². The Bertz CT molecular complexity index is 648. The van der Waals surface area contributed by atoms with Gasteiger partial charge in [0.2, 0.25) is 5.89 Å². The Morgan fingerprint density at radius 1 is 1.30 bits per heavy atom. The molecule has 1 aromatic carbocycles. The minimum atomic E-state index is 0.275. The van der Waals surface area contributed by atoms with Gasteiger partial charge in [0.1, 0.15) is 11.9 Å². The molecule has 0 amide bonds. The first-order chi connectivity index (χ1) is 11.1. The summed E-state index contributed by atoms with van der Waals surface area (Å²) in [6, 6.07) is 6.35. The summed E-state index contributed by atoms with van der Waals surface area (Å²) in [4.78, 5) is 6.58. The predicted octanol–water partition coefficient (Wildman–Crippen LogP) is 2.19. The van der Waals surface area contributed by atoms with Crippen molar-refractivity contribution in [1.29, 1.82) is 0 Å². The Hall–Kier alpha value is -1.92. The van der Waals surface area contributed by atoms with Gasteiger partial charge in [-0.3, -0.25) is 4.90 Å². The van der Waals surface area contributed by atoms with Crippen molar-refractivity contribution in [2.24, 2.45) is 5.73 Å². The number of likely N-dealkylation sites (tertiary alicyclic amines) is 1. The van der Waals surface area contributed by atoms with Crippen LogP contribution in [0.2, 0.25) is 0 Å². The van der Waals surface area contributed by atoms with E-state index < -0.39 is 0 Å². The summed E-state index contributed by atoms with van der Waals surface area (Å²) < 4.78 is 11.2. The van der Waals surface area contributed by atoms with Crippen molar-refractivity contribution in [2.45, 2.75) is 45.9 Å². The fourth-order valence-electron chi connectivity index (χ4n) is 2.84. The number of rotatable bonds is 5. The molecule has 2 aromatic rings. The second kappa shape index (κ2) is 7.10. The van der Waals surface area contributed by atoms with Crippen LogP contribution >= 0.6 is 0 Å². The van der Waals surface area contributed by atoms with E-state index in [0.717, 1.165) is 31.7 Å². The molecular formula is C17H24N4O2. The maximum atomic E-state index is 6.19. The lowest BCUT2D eigenvalue weighted by molar-refractivity contribution is 0.0943. The number of hydrogen-bond donors (Lipinski definition) is 1. The molecule has 0 unspecified atom stereocenters. The second-order valence-electron chi connectivity index (χ2n) is 6.17. The highest BCUT2D eigenvalue weighted by Gasteiger charge is 2.22. The van der Waals surface area contributed by atoms with E-state index in [9.17, 15) is 0 Å². The first-order valence-corrected chi connectivity index (χ1v) is 8.12. The summed E-state index contributed by atoms with van der Waals surface area (Å²) in [5.74, 6) is 2.21. The monoisotopic (exact) mass is 316 g/mol. The molecular weight excluding hydrogens is 292 g/mol. The number of nitrogens with zero attached hydrogens (tertiary/aromatic N) is 3. The van der Waals surface area contributed by atoms with Gasteiger partial charge in [0.15, 0.2) is 5.82 Å².